The summed E-state index contributed by atoms with van der Waals surface area (Å²) in [5, 5.41) is 0. The molecule has 0 saturated heterocycles. The lowest BCUT2D eigenvalue weighted by molar-refractivity contribution is -0.144. The minimum atomic E-state index is -0.119. The molecule has 18 heavy (non-hydrogen) atoms. The summed E-state index contributed by atoms with van der Waals surface area (Å²) in [6.45, 7) is 3.81. The zero-order valence-corrected chi connectivity index (χ0v) is 11.1. The van der Waals surface area contributed by atoms with Crippen molar-refractivity contribution in [2.45, 2.75) is 39.2 Å². The van der Waals surface area contributed by atoms with Crippen LogP contribution in [0.3, 0.4) is 0 Å². The monoisotopic (exact) mass is 250 g/mol. The third kappa shape index (κ3) is 7.07. The second kappa shape index (κ2) is 9.66. The molecule has 3 nitrogen and oxygen atoms in total. The summed E-state index contributed by atoms with van der Waals surface area (Å²) in [7, 11) is 0. The minimum Gasteiger partial charge on any atom is -0.466 e. The van der Waals surface area contributed by atoms with E-state index in [9.17, 15) is 4.79 Å². The van der Waals surface area contributed by atoms with Crippen molar-refractivity contribution >= 4 is 5.97 Å². The van der Waals surface area contributed by atoms with Gasteiger partial charge in [0.25, 0.3) is 0 Å². The maximum absolute atomic E-state index is 11.3. The molecule has 1 rings (SSSR count). The zero-order valence-electron chi connectivity index (χ0n) is 11.1. The lowest BCUT2D eigenvalue weighted by Crippen LogP contribution is -2.07. The fourth-order valence-corrected chi connectivity index (χ4v) is 1.49. The zero-order chi connectivity index (χ0) is 13.1. The average molecular weight is 250 g/mol. The van der Waals surface area contributed by atoms with Crippen LogP contribution in [-0.4, -0.2) is 19.2 Å². The van der Waals surface area contributed by atoms with E-state index in [4.69, 9.17) is 9.47 Å². The van der Waals surface area contributed by atoms with Crippen LogP contribution in [0, 0.1) is 0 Å². The Morgan fingerprint density at radius 3 is 2.61 bits per heavy atom. The van der Waals surface area contributed by atoms with Crippen molar-refractivity contribution in [2.24, 2.45) is 0 Å². The fraction of sp³-hybridized carbons (Fsp3) is 0.533. The highest BCUT2D eigenvalue weighted by molar-refractivity contribution is 5.69. The van der Waals surface area contributed by atoms with Crippen molar-refractivity contribution in [1.29, 1.82) is 0 Å². The quantitative estimate of drug-likeness (QED) is 0.498. The number of benzene rings is 1. The van der Waals surface area contributed by atoms with E-state index in [0.29, 0.717) is 26.2 Å². The van der Waals surface area contributed by atoms with Gasteiger partial charge in [-0.1, -0.05) is 43.7 Å². The summed E-state index contributed by atoms with van der Waals surface area (Å²) in [4.78, 5) is 11.3. The van der Waals surface area contributed by atoms with Gasteiger partial charge in [0, 0.05) is 13.0 Å². The first-order valence-electron chi connectivity index (χ1n) is 6.60. The molecule has 0 bridgehead atoms. The molecule has 0 aromatic heterocycles. The van der Waals surface area contributed by atoms with E-state index in [1.165, 1.54) is 0 Å². The maximum Gasteiger partial charge on any atom is 0.305 e. The Balaban J connectivity index is 1.97. The highest BCUT2D eigenvalue weighted by Crippen LogP contribution is 2.02. The molecule has 0 saturated carbocycles. The van der Waals surface area contributed by atoms with Gasteiger partial charge in [0.2, 0.25) is 0 Å². The number of unbranched alkanes of at least 4 members (excludes halogenated alkanes) is 1. The summed E-state index contributed by atoms with van der Waals surface area (Å²) < 4.78 is 10.5. The number of hydrogen-bond donors (Lipinski definition) is 0. The van der Waals surface area contributed by atoms with Crippen molar-refractivity contribution in [3.8, 4) is 0 Å². The van der Waals surface area contributed by atoms with Gasteiger partial charge in [-0.25, -0.2) is 0 Å². The van der Waals surface area contributed by atoms with Gasteiger partial charge in [-0.15, -0.1) is 0 Å². The predicted molar refractivity (Wildman–Crippen MR) is 71.2 cm³/mol. The van der Waals surface area contributed by atoms with Crippen molar-refractivity contribution in [2.75, 3.05) is 13.2 Å². The van der Waals surface area contributed by atoms with Gasteiger partial charge in [-0.2, -0.15) is 0 Å². The second-order valence-electron chi connectivity index (χ2n) is 4.22. The Kier molecular flexibility index (Phi) is 7.89. The lowest BCUT2D eigenvalue weighted by Gasteiger charge is -2.05. The molecule has 1 aromatic rings. The Bertz CT molecular complexity index is 322. The first-order chi connectivity index (χ1) is 8.83. The van der Waals surface area contributed by atoms with Gasteiger partial charge >= 0.3 is 5.97 Å². The molecule has 0 aliphatic rings. The van der Waals surface area contributed by atoms with Crippen molar-refractivity contribution in [3.05, 3.63) is 35.9 Å². The molecule has 3 heteroatoms. The third-order valence-corrected chi connectivity index (χ3v) is 2.54. The van der Waals surface area contributed by atoms with Crippen LogP contribution in [0.2, 0.25) is 0 Å². The van der Waals surface area contributed by atoms with Gasteiger partial charge < -0.3 is 9.47 Å². The molecule has 0 spiro atoms. The van der Waals surface area contributed by atoms with Gasteiger partial charge in [0.1, 0.15) is 0 Å². The predicted octanol–water partition coefficient (Wildman–Crippen LogP) is 3.33. The minimum absolute atomic E-state index is 0.119. The van der Waals surface area contributed by atoms with Gasteiger partial charge in [-0.3, -0.25) is 4.79 Å². The molecule has 0 aliphatic carbocycles. The van der Waals surface area contributed by atoms with E-state index in [1.807, 2.05) is 30.3 Å². The summed E-state index contributed by atoms with van der Waals surface area (Å²) in [5.41, 5.74) is 1.16. The molecule has 0 amide bonds. The summed E-state index contributed by atoms with van der Waals surface area (Å²) in [6, 6.07) is 10.0. The fourth-order valence-electron chi connectivity index (χ4n) is 1.49. The summed E-state index contributed by atoms with van der Waals surface area (Å²) in [5.74, 6) is -0.119. The lowest BCUT2D eigenvalue weighted by atomic mass is 10.2. The van der Waals surface area contributed by atoms with Gasteiger partial charge in [0.15, 0.2) is 0 Å². The molecule has 1 aromatic carbocycles. The first kappa shape index (κ1) is 14.7. The second-order valence-corrected chi connectivity index (χ2v) is 4.22. The smallest absolute Gasteiger partial charge is 0.305 e. The Labute approximate surface area is 109 Å². The van der Waals surface area contributed by atoms with Crippen LogP contribution in [0.5, 0.6) is 0 Å². The summed E-state index contributed by atoms with van der Waals surface area (Å²) in [6.07, 6.45) is 3.15. The first-order valence-corrected chi connectivity index (χ1v) is 6.60. The number of esters is 1. The highest BCUT2D eigenvalue weighted by Gasteiger charge is 2.01. The van der Waals surface area contributed by atoms with E-state index < -0.39 is 0 Å². The van der Waals surface area contributed by atoms with Gasteiger partial charge in [0.05, 0.1) is 13.2 Å². The van der Waals surface area contributed by atoms with Crippen LogP contribution in [0.15, 0.2) is 30.3 Å². The van der Waals surface area contributed by atoms with E-state index in [-0.39, 0.29) is 5.97 Å². The molecule has 0 unspecified atom stereocenters. The van der Waals surface area contributed by atoms with Crippen LogP contribution >= 0.6 is 0 Å². The van der Waals surface area contributed by atoms with Crippen LogP contribution in [0.1, 0.15) is 38.2 Å². The average Bonchev–Trinajstić information content (AvgIpc) is 2.40. The molecule has 0 N–H and O–H groups in total. The normalized spacial score (nSPS) is 10.3. The molecule has 0 heterocycles. The highest BCUT2D eigenvalue weighted by atomic mass is 16.5. The Morgan fingerprint density at radius 1 is 1.11 bits per heavy atom. The number of rotatable bonds is 9. The van der Waals surface area contributed by atoms with E-state index in [0.717, 1.165) is 24.8 Å². The molecular weight excluding hydrogens is 228 g/mol. The standard InChI is InChI=1S/C15H22O3/c1-2-3-12-18-15(16)10-7-11-17-13-14-8-5-4-6-9-14/h4-6,8-9H,2-3,7,10-13H2,1H3. The Morgan fingerprint density at radius 2 is 1.89 bits per heavy atom. The molecular formula is C15H22O3. The third-order valence-electron chi connectivity index (χ3n) is 2.54. The molecule has 100 valence electrons. The van der Waals surface area contributed by atoms with Crippen molar-refractivity contribution in [3.63, 3.8) is 0 Å². The largest absolute Gasteiger partial charge is 0.466 e. The molecule has 0 radical (unpaired) electrons. The number of carbonyl (C=O) groups excluding carboxylic acids is 1. The summed E-state index contributed by atoms with van der Waals surface area (Å²) >= 11 is 0. The topological polar surface area (TPSA) is 35.5 Å². The van der Waals surface area contributed by atoms with E-state index >= 15 is 0 Å². The number of ether oxygens (including phenoxy) is 2. The Hall–Kier alpha value is -1.35. The van der Waals surface area contributed by atoms with E-state index in [1.54, 1.807) is 0 Å². The van der Waals surface area contributed by atoms with Crippen molar-refractivity contribution < 1.29 is 14.3 Å². The maximum atomic E-state index is 11.3. The van der Waals surface area contributed by atoms with Crippen LogP contribution in [-0.2, 0) is 20.9 Å². The molecule has 0 atom stereocenters. The SMILES string of the molecule is CCCCOC(=O)CCCOCc1ccccc1. The van der Waals surface area contributed by atoms with Crippen molar-refractivity contribution in [1.82, 2.24) is 0 Å². The van der Waals surface area contributed by atoms with Gasteiger partial charge in [-0.05, 0) is 18.4 Å². The number of hydrogen-bond acceptors (Lipinski definition) is 3. The van der Waals surface area contributed by atoms with E-state index in [2.05, 4.69) is 6.92 Å². The van der Waals surface area contributed by atoms with Crippen LogP contribution < -0.4 is 0 Å². The van der Waals surface area contributed by atoms with Crippen LogP contribution in [0.4, 0.5) is 0 Å². The van der Waals surface area contributed by atoms with Crippen LogP contribution in [0.25, 0.3) is 0 Å². The molecule has 0 aliphatic heterocycles. The number of carbonyl (C=O) groups is 1. The molecule has 0 fully saturated rings.